The van der Waals surface area contributed by atoms with Crippen molar-refractivity contribution in [1.82, 2.24) is 4.98 Å². The second kappa shape index (κ2) is 5.63. The molecule has 1 unspecified atom stereocenters. The predicted molar refractivity (Wildman–Crippen MR) is 82.1 cm³/mol. The Morgan fingerprint density at radius 2 is 1.85 bits per heavy atom. The van der Waals surface area contributed by atoms with E-state index in [2.05, 4.69) is 37.9 Å². The summed E-state index contributed by atoms with van der Waals surface area (Å²) in [4.78, 5) is 4.30. The fourth-order valence-corrected chi connectivity index (χ4v) is 1.88. The first kappa shape index (κ1) is 14.5. The molecule has 0 saturated carbocycles. The van der Waals surface area contributed by atoms with Crippen LogP contribution in [-0.4, -0.2) is 4.98 Å². The van der Waals surface area contributed by atoms with Crippen molar-refractivity contribution in [3.8, 4) is 11.5 Å². The van der Waals surface area contributed by atoms with E-state index >= 15 is 0 Å². The summed E-state index contributed by atoms with van der Waals surface area (Å²) in [6, 6.07) is 11.9. The molecular formula is C17H22N2O. The highest BCUT2D eigenvalue weighted by molar-refractivity contribution is 5.36. The summed E-state index contributed by atoms with van der Waals surface area (Å²) >= 11 is 0. The van der Waals surface area contributed by atoms with E-state index in [9.17, 15) is 0 Å². The van der Waals surface area contributed by atoms with E-state index in [1.54, 1.807) is 6.20 Å². The van der Waals surface area contributed by atoms with Gasteiger partial charge in [0.2, 0.25) is 0 Å². The summed E-state index contributed by atoms with van der Waals surface area (Å²) in [6.45, 7) is 8.47. The van der Waals surface area contributed by atoms with Crippen molar-refractivity contribution < 1.29 is 4.74 Å². The van der Waals surface area contributed by atoms with Crippen LogP contribution in [0.15, 0.2) is 42.6 Å². The lowest BCUT2D eigenvalue weighted by Gasteiger charge is -2.19. The minimum atomic E-state index is -0.0618. The highest BCUT2D eigenvalue weighted by Gasteiger charge is 2.14. The van der Waals surface area contributed by atoms with Crippen molar-refractivity contribution in [3.63, 3.8) is 0 Å². The van der Waals surface area contributed by atoms with Crippen LogP contribution >= 0.6 is 0 Å². The topological polar surface area (TPSA) is 48.1 Å². The molecule has 0 radical (unpaired) electrons. The Labute approximate surface area is 120 Å². The van der Waals surface area contributed by atoms with Crippen LogP contribution in [0.5, 0.6) is 11.5 Å². The Balaban J connectivity index is 2.18. The number of rotatable bonds is 3. The average molecular weight is 270 g/mol. The van der Waals surface area contributed by atoms with Gasteiger partial charge in [-0.3, -0.25) is 4.98 Å². The molecule has 2 N–H and O–H groups in total. The zero-order valence-corrected chi connectivity index (χ0v) is 12.6. The highest BCUT2D eigenvalue weighted by atomic mass is 16.5. The van der Waals surface area contributed by atoms with E-state index in [1.807, 2.05) is 31.2 Å². The third-order valence-corrected chi connectivity index (χ3v) is 3.16. The molecule has 1 aromatic carbocycles. The van der Waals surface area contributed by atoms with Gasteiger partial charge in [-0.05, 0) is 42.2 Å². The van der Waals surface area contributed by atoms with E-state index < -0.39 is 0 Å². The van der Waals surface area contributed by atoms with Gasteiger partial charge in [0.15, 0.2) is 0 Å². The summed E-state index contributed by atoms with van der Waals surface area (Å²) < 4.78 is 5.85. The average Bonchev–Trinajstić information content (AvgIpc) is 2.38. The maximum Gasteiger partial charge on any atom is 0.145 e. The van der Waals surface area contributed by atoms with Gasteiger partial charge in [0.05, 0.1) is 11.9 Å². The molecule has 20 heavy (non-hydrogen) atoms. The lowest BCUT2D eigenvalue weighted by atomic mass is 9.87. The van der Waals surface area contributed by atoms with Gasteiger partial charge in [0.1, 0.15) is 11.5 Å². The van der Waals surface area contributed by atoms with Crippen LogP contribution in [0.25, 0.3) is 0 Å². The normalized spacial score (nSPS) is 13.1. The van der Waals surface area contributed by atoms with Crippen LogP contribution in [0.1, 0.15) is 45.0 Å². The van der Waals surface area contributed by atoms with E-state index in [-0.39, 0.29) is 11.5 Å². The van der Waals surface area contributed by atoms with Gasteiger partial charge in [-0.25, -0.2) is 0 Å². The number of nitrogens with zero attached hydrogens (tertiary/aromatic N) is 1. The number of pyridine rings is 1. The van der Waals surface area contributed by atoms with Gasteiger partial charge in [-0.1, -0.05) is 32.9 Å². The smallest absolute Gasteiger partial charge is 0.145 e. The van der Waals surface area contributed by atoms with Gasteiger partial charge in [0.25, 0.3) is 0 Å². The minimum absolute atomic E-state index is 0.0618. The molecule has 0 aliphatic carbocycles. The molecular weight excluding hydrogens is 248 g/mol. The van der Waals surface area contributed by atoms with Crippen molar-refractivity contribution in [2.24, 2.45) is 5.73 Å². The van der Waals surface area contributed by atoms with Crippen molar-refractivity contribution in [2.45, 2.75) is 39.2 Å². The van der Waals surface area contributed by atoms with E-state index in [4.69, 9.17) is 10.5 Å². The number of nitrogens with two attached hydrogens (primary N) is 1. The molecule has 106 valence electrons. The SMILES string of the molecule is CC(N)c1ccc(Oc2cccc(C(C)(C)C)c2)cn1. The van der Waals surface area contributed by atoms with E-state index in [0.29, 0.717) is 0 Å². The van der Waals surface area contributed by atoms with Crippen LogP contribution in [0.4, 0.5) is 0 Å². The maximum absolute atomic E-state index is 5.85. The molecule has 0 aliphatic rings. The molecule has 0 amide bonds. The quantitative estimate of drug-likeness (QED) is 0.909. The predicted octanol–water partition coefficient (Wildman–Crippen LogP) is 4.19. The fraction of sp³-hybridized carbons (Fsp3) is 0.353. The summed E-state index contributed by atoms with van der Waals surface area (Å²) in [6.07, 6.45) is 1.71. The lowest BCUT2D eigenvalue weighted by molar-refractivity contribution is 0.475. The molecule has 1 aromatic heterocycles. The van der Waals surface area contributed by atoms with Gasteiger partial charge >= 0.3 is 0 Å². The molecule has 0 bridgehead atoms. The molecule has 2 aromatic rings. The van der Waals surface area contributed by atoms with Gasteiger partial charge < -0.3 is 10.5 Å². The first-order chi connectivity index (χ1) is 9.36. The van der Waals surface area contributed by atoms with Crippen LogP contribution in [0, 0.1) is 0 Å². The zero-order chi connectivity index (χ0) is 14.8. The summed E-state index contributed by atoms with van der Waals surface area (Å²) in [5, 5.41) is 0. The minimum Gasteiger partial charge on any atom is -0.456 e. The van der Waals surface area contributed by atoms with Crippen LogP contribution in [0.2, 0.25) is 0 Å². The third-order valence-electron chi connectivity index (χ3n) is 3.16. The number of hydrogen-bond acceptors (Lipinski definition) is 3. The maximum atomic E-state index is 5.85. The summed E-state index contributed by atoms with van der Waals surface area (Å²) in [5.41, 5.74) is 8.00. The Bertz CT molecular complexity index is 568. The van der Waals surface area contributed by atoms with Crippen LogP contribution in [-0.2, 0) is 5.41 Å². The molecule has 1 heterocycles. The Morgan fingerprint density at radius 3 is 2.40 bits per heavy atom. The number of ether oxygens (including phenoxy) is 1. The summed E-state index contributed by atoms with van der Waals surface area (Å²) in [5.74, 6) is 1.55. The van der Waals surface area contributed by atoms with Gasteiger partial charge in [-0.2, -0.15) is 0 Å². The largest absolute Gasteiger partial charge is 0.456 e. The molecule has 1 atom stereocenters. The monoisotopic (exact) mass is 270 g/mol. The zero-order valence-electron chi connectivity index (χ0n) is 12.6. The first-order valence-corrected chi connectivity index (χ1v) is 6.86. The van der Waals surface area contributed by atoms with Crippen molar-refractivity contribution in [2.75, 3.05) is 0 Å². The van der Waals surface area contributed by atoms with E-state index in [0.717, 1.165) is 17.2 Å². The molecule has 0 fully saturated rings. The molecule has 0 aliphatic heterocycles. The molecule has 2 rings (SSSR count). The molecule has 3 heteroatoms. The van der Waals surface area contributed by atoms with Gasteiger partial charge in [-0.15, -0.1) is 0 Å². The molecule has 0 spiro atoms. The second-order valence-electron chi connectivity index (χ2n) is 6.09. The lowest BCUT2D eigenvalue weighted by Crippen LogP contribution is -2.10. The Hall–Kier alpha value is -1.87. The Kier molecular flexibility index (Phi) is 4.09. The van der Waals surface area contributed by atoms with E-state index in [1.165, 1.54) is 5.56 Å². The first-order valence-electron chi connectivity index (χ1n) is 6.86. The van der Waals surface area contributed by atoms with Crippen molar-refractivity contribution >= 4 is 0 Å². The number of hydrogen-bond donors (Lipinski definition) is 1. The second-order valence-corrected chi connectivity index (χ2v) is 6.09. The summed E-state index contributed by atoms with van der Waals surface area (Å²) in [7, 11) is 0. The van der Waals surface area contributed by atoms with Crippen LogP contribution < -0.4 is 10.5 Å². The van der Waals surface area contributed by atoms with Crippen molar-refractivity contribution in [3.05, 3.63) is 53.9 Å². The molecule has 3 nitrogen and oxygen atoms in total. The number of benzene rings is 1. The standard InChI is InChI=1S/C17H22N2O/c1-12(18)16-9-8-15(11-19-16)20-14-7-5-6-13(10-14)17(2,3)4/h5-12H,18H2,1-4H3. The van der Waals surface area contributed by atoms with Crippen LogP contribution in [0.3, 0.4) is 0 Å². The number of aromatic nitrogens is 1. The third kappa shape index (κ3) is 3.58. The Morgan fingerprint density at radius 1 is 1.10 bits per heavy atom. The highest BCUT2D eigenvalue weighted by Crippen LogP contribution is 2.28. The van der Waals surface area contributed by atoms with Gasteiger partial charge in [0, 0.05) is 6.04 Å². The molecule has 0 saturated heterocycles. The fourth-order valence-electron chi connectivity index (χ4n) is 1.88. The van der Waals surface area contributed by atoms with Crippen molar-refractivity contribution in [1.29, 1.82) is 0 Å².